The molecule has 3 aromatic rings. The molecule has 2 aromatic carbocycles. The van der Waals surface area contributed by atoms with Crippen molar-refractivity contribution in [1.82, 2.24) is 9.78 Å². The number of amides is 1. The molecule has 0 aliphatic carbocycles. The second kappa shape index (κ2) is 6.67. The van der Waals surface area contributed by atoms with Crippen LogP contribution >= 0.6 is 11.6 Å². The SMILES string of the molecule is Cc1ccc(NC(=O)Cn2ccc(-c3ccccc3)n2)c(Cl)c1. The summed E-state index contributed by atoms with van der Waals surface area (Å²) in [5, 5.41) is 7.76. The Morgan fingerprint density at radius 1 is 1.17 bits per heavy atom. The van der Waals surface area contributed by atoms with E-state index in [0.29, 0.717) is 10.7 Å². The minimum atomic E-state index is -0.168. The van der Waals surface area contributed by atoms with Gasteiger partial charge in [-0.25, -0.2) is 0 Å². The van der Waals surface area contributed by atoms with Gasteiger partial charge in [0.15, 0.2) is 0 Å². The third kappa shape index (κ3) is 3.79. The number of halogens is 1. The first-order valence-electron chi connectivity index (χ1n) is 7.27. The molecule has 0 bridgehead atoms. The number of aromatic nitrogens is 2. The first kappa shape index (κ1) is 15.3. The Morgan fingerprint density at radius 2 is 1.96 bits per heavy atom. The van der Waals surface area contributed by atoms with Crippen LogP contribution in [0.3, 0.4) is 0 Å². The quantitative estimate of drug-likeness (QED) is 0.783. The lowest BCUT2D eigenvalue weighted by atomic mass is 10.2. The van der Waals surface area contributed by atoms with Gasteiger partial charge in [0.1, 0.15) is 6.54 Å². The Balaban J connectivity index is 1.68. The number of nitrogens with zero attached hydrogens (tertiary/aromatic N) is 2. The van der Waals surface area contributed by atoms with Crippen LogP contribution < -0.4 is 5.32 Å². The number of anilines is 1. The standard InChI is InChI=1S/C18H16ClN3O/c1-13-7-8-17(15(19)11-13)20-18(23)12-22-10-9-16(21-22)14-5-3-2-4-6-14/h2-11H,12H2,1H3,(H,20,23). The summed E-state index contributed by atoms with van der Waals surface area (Å²) in [4.78, 5) is 12.1. The number of aryl methyl sites for hydroxylation is 1. The molecular weight excluding hydrogens is 310 g/mol. The number of rotatable bonds is 4. The molecule has 0 radical (unpaired) electrons. The summed E-state index contributed by atoms with van der Waals surface area (Å²) in [5.41, 5.74) is 3.52. The molecule has 3 rings (SSSR count). The summed E-state index contributed by atoms with van der Waals surface area (Å²) < 4.78 is 1.61. The largest absolute Gasteiger partial charge is 0.323 e. The molecule has 4 nitrogen and oxygen atoms in total. The number of nitrogens with one attached hydrogen (secondary N) is 1. The van der Waals surface area contributed by atoms with E-state index >= 15 is 0 Å². The van der Waals surface area contributed by atoms with Gasteiger partial charge in [-0.3, -0.25) is 9.48 Å². The molecule has 0 unspecified atom stereocenters. The second-order valence-electron chi connectivity index (χ2n) is 5.30. The van der Waals surface area contributed by atoms with Gasteiger partial charge in [0.05, 0.1) is 16.4 Å². The fourth-order valence-electron chi connectivity index (χ4n) is 2.27. The van der Waals surface area contributed by atoms with Gasteiger partial charge in [-0.2, -0.15) is 5.10 Å². The van der Waals surface area contributed by atoms with E-state index in [-0.39, 0.29) is 12.5 Å². The van der Waals surface area contributed by atoms with Gasteiger partial charge in [0.2, 0.25) is 5.91 Å². The molecule has 0 atom stereocenters. The molecule has 1 heterocycles. The van der Waals surface area contributed by atoms with Crippen molar-refractivity contribution >= 4 is 23.2 Å². The van der Waals surface area contributed by atoms with Crippen LogP contribution in [-0.4, -0.2) is 15.7 Å². The van der Waals surface area contributed by atoms with E-state index in [9.17, 15) is 4.79 Å². The summed E-state index contributed by atoms with van der Waals surface area (Å²) in [5.74, 6) is -0.168. The summed E-state index contributed by atoms with van der Waals surface area (Å²) in [6.07, 6.45) is 1.79. The van der Waals surface area contributed by atoms with Gasteiger partial charge in [0.25, 0.3) is 0 Å². The van der Waals surface area contributed by atoms with E-state index < -0.39 is 0 Å². The topological polar surface area (TPSA) is 46.9 Å². The Hall–Kier alpha value is -2.59. The van der Waals surface area contributed by atoms with Crippen molar-refractivity contribution in [2.45, 2.75) is 13.5 Å². The van der Waals surface area contributed by atoms with E-state index in [0.717, 1.165) is 16.8 Å². The molecule has 1 N–H and O–H groups in total. The molecule has 116 valence electrons. The van der Waals surface area contributed by atoms with Crippen LogP contribution in [0, 0.1) is 6.92 Å². The lowest BCUT2D eigenvalue weighted by Crippen LogP contribution is -2.19. The number of hydrogen-bond donors (Lipinski definition) is 1. The average Bonchev–Trinajstić information content (AvgIpc) is 2.99. The summed E-state index contributed by atoms with van der Waals surface area (Å²) in [6, 6.07) is 17.3. The monoisotopic (exact) mass is 325 g/mol. The number of carbonyl (C=O) groups excluding carboxylic acids is 1. The Bertz CT molecular complexity index is 827. The van der Waals surface area contributed by atoms with Crippen molar-refractivity contribution in [3.63, 3.8) is 0 Å². The van der Waals surface area contributed by atoms with Crippen molar-refractivity contribution in [2.75, 3.05) is 5.32 Å². The molecule has 0 saturated heterocycles. The van der Waals surface area contributed by atoms with Crippen LogP contribution in [0.1, 0.15) is 5.56 Å². The maximum Gasteiger partial charge on any atom is 0.246 e. The highest BCUT2D eigenvalue weighted by atomic mass is 35.5. The molecule has 0 fully saturated rings. The zero-order valence-electron chi connectivity index (χ0n) is 12.7. The highest BCUT2D eigenvalue weighted by Crippen LogP contribution is 2.22. The molecular formula is C18H16ClN3O. The minimum absolute atomic E-state index is 0.136. The van der Waals surface area contributed by atoms with Gasteiger partial charge in [-0.05, 0) is 30.7 Å². The van der Waals surface area contributed by atoms with Crippen LogP contribution in [0.5, 0.6) is 0 Å². The van der Waals surface area contributed by atoms with E-state index in [1.165, 1.54) is 0 Å². The van der Waals surface area contributed by atoms with Crippen LogP contribution in [-0.2, 0) is 11.3 Å². The summed E-state index contributed by atoms with van der Waals surface area (Å²) >= 11 is 6.12. The fraction of sp³-hybridized carbons (Fsp3) is 0.111. The van der Waals surface area contributed by atoms with Crippen LogP contribution in [0.15, 0.2) is 60.8 Å². The molecule has 1 aromatic heterocycles. The predicted octanol–water partition coefficient (Wildman–Crippen LogP) is 4.15. The third-order valence-electron chi connectivity index (χ3n) is 3.41. The van der Waals surface area contributed by atoms with E-state index in [2.05, 4.69) is 10.4 Å². The lowest BCUT2D eigenvalue weighted by Gasteiger charge is -2.08. The van der Waals surface area contributed by atoms with Crippen LogP contribution in [0.4, 0.5) is 5.69 Å². The highest BCUT2D eigenvalue weighted by Gasteiger charge is 2.08. The molecule has 0 aliphatic heterocycles. The van der Waals surface area contributed by atoms with Crippen molar-refractivity contribution in [3.8, 4) is 11.3 Å². The fourth-order valence-corrected chi connectivity index (χ4v) is 2.55. The molecule has 23 heavy (non-hydrogen) atoms. The van der Waals surface area contributed by atoms with Crippen molar-refractivity contribution in [1.29, 1.82) is 0 Å². The first-order valence-corrected chi connectivity index (χ1v) is 7.64. The van der Waals surface area contributed by atoms with Crippen molar-refractivity contribution < 1.29 is 4.79 Å². The van der Waals surface area contributed by atoms with Crippen molar-refractivity contribution in [3.05, 3.63) is 71.4 Å². The molecule has 1 amide bonds. The second-order valence-corrected chi connectivity index (χ2v) is 5.70. The summed E-state index contributed by atoms with van der Waals surface area (Å²) in [6.45, 7) is 2.09. The number of benzene rings is 2. The Kier molecular flexibility index (Phi) is 4.44. The lowest BCUT2D eigenvalue weighted by molar-refractivity contribution is -0.116. The molecule has 0 aliphatic rings. The number of hydrogen-bond acceptors (Lipinski definition) is 2. The molecule has 5 heteroatoms. The highest BCUT2D eigenvalue weighted by molar-refractivity contribution is 6.33. The third-order valence-corrected chi connectivity index (χ3v) is 3.73. The minimum Gasteiger partial charge on any atom is -0.323 e. The molecule has 0 spiro atoms. The van der Waals surface area contributed by atoms with Crippen LogP contribution in [0.25, 0.3) is 11.3 Å². The first-order chi connectivity index (χ1) is 11.1. The number of carbonyl (C=O) groups is 1. The van der Waals surface area contributed by atoms with E-state index in [4.69, 9.17) is 11.6 Å². The van der Waals surface area contributed by atoms with Gasteiger partial charge in [-0.15, -0.1) is 0 Å². The smallest absolute Gasteiger partial charge is 0.246 e. The van der Waals surface area contributed by atoms with Gasteiger partial charge in [0, 0.05) is 11.8 Å². The zero-order chi connectivity index (χ0) is 16.2. The van der Waals surface area contributed by atoms with E-state index in [1.807, 2.05) is 55.5 Å². The molecule has 0 saturated carbocycles. The zero-order valence-corrected chi connectivity index (χ0v) is 13.4. The van der Waals surface area contributed by atoms with E-state index in [1.54, 1.807) is 16.9 Å². The maximum absolute atomic E-state index is 12.1. The van der Waals surface area contributed by atoms with Crippen molar-refractivity contribution in [2.24, 2.45) is 0 Å². The van der Waals surface area contributed by atoms with Gasteiger partial charge >= 0.3 is 0 Å². The Labute approximate surface area is 139 Å². The van der Waals surface area contributed by atoms with Gasteiger partial charge < -0.3 is 5.32 Å². The predicted molar refractivity (Wildman–Crippen MR) is 92.5 cm³/mol. The summed E-state index contributed by atoms with van der Waals surface area (Å²) in [7, 11) is 0. The van der Waals surface area contributed by atoms with Crippen LogP contribution in [0.2, 0.25) is 5.02 Å². The Morgan fingerprint density at radius 3 is 2.70 bits per heavy atom. The van der Waals surface area contributed by atoms with Gasteiger partial charge in [-0.1, -0.05) is 48.0 Å². The normalized spacial score (nSPS) is 10.5. The average molecular weight is 326 g/mol. The maximum atomic E-state index is 12.1.